The largest absolute Gasteiger partial charge is 0.481 e. The van der Waals surface area contributed by atoms with Crippen LogP contribution in [0.2, 0.25) is 0 Å². The standard InChI is InChI=1S/C8H9NO2S/c9-6-2-1-5(3-7(6)12)4-8(10)11/h1-3,12H,4,9H2,(H,10,11). The van der Waals surface area contributed by atoms with Crippen LogP contribution < -0.4 is 5.73 Å². The number of carboxylic acid groups (broad SMARTS) is 1. The molecule has 0 spiro atoms. The van der Waals surface area contributed by atoms with E-state index in [1.165, 1.54) is 0 Å². The normalized spacial score (nSPS) is 9.75. The number of aliphatic carboxylic acids is 1. The summed E-state index contributed by atoms with van der Waals surface area (Å²) in [6.07, 6.45) is 0.00778. The lowest BCUT2D eigenvalue weighted by molar-refractivity contribution is -0.136. The Morgan fingerprint density at radius 2 is 2.25 bits per heavy atom. The summed E-state index contributed by atoms with van der Waals surface area (Å²) in [6, 6.07) is 5.00. The third kappa shape index (κ3) is 2.17. The molecule has 0 saturated heterocycles. The van der Waals surface area contributed by atoms with E-state index in [2.05, 4.69) is 12.6 Å². The molecule has 3 nitrogen and oxygen atoms in total. The molecule has 0 bridgehead atoms. The molecule has 0 aliphatic carbocycles. The molecule has 1 aromatic rings. The van der Waals surface area contributed by atoms with Crippen molar-refractivity contribution in [1.29, 1.82) is 0 Å². The first-order chi connectivity index (χ1) is 5.59. The lowest BCUT2D eigenvalue weighted by Crippen LogP contribution is -2.00. The van der Waals surface area contributed by atoms with Crippen molar-refractivity contribution in [2.24, 2.45) is 0 Å². The van der Waals surface area contributed by atoms with Gasteiger partial charge in [-0.3, -0.25) is 4.79 Å². The van der Waals surface area contributed by atoms with Crippen molar-refractivity contribution in [3.05, 3.63) is 23.8 Å². The van der Waals surface area contributed by atoms with Crippen LogP contribution in [0.25, 0.3) is 0 Å². The minimum absolute atomic E-state index is 0.00778. The van der Waals surface area contributed by atoms with Crippen LogP contribution in [0.3, 0.4) is 0 Å². The Kier molecular flexibility index (Phi) is 2.60. The molecule has 64 valence electrons. The van der Waals surface area contributed by atoms with Gasteiger partial charge >= 0.3 is 5.97 Å². The van der Waals surface area contributed by atoms with Gasteiger partial charge in [-0.25, -0.2) is 0 Å². The Labute approximate surface area is 75.6 Å². The Bertz CT molecular complexity index is 312. The van der Waals surface area contributed by atoms with Crippen LogP contribution in [-0.2, 0) is 11.2 Å². The molecule has 12 heavy (non-hydrogen) atoms. The van der Waals surface area contributed by atoms with Crippen molar-refractivity contribution in [2.45, 2.75) is 11.3 Å². The van der Waals surface area contributed by atoms with Crippen LogP contribution >= 0.6 is 12.6 Å². The van der Waals surface area contributed by atoms with Gasteiger partial charge in [-0.2, -0.15) is 0 Å². The fraction of sp³-hybridized carbons (Fsp3) is 0.125. The number of carboxylic acids is 1. The molecule has 0 saturated carbocycles. The first-order valence-electron chi connectivity index (χ1n) is 3.39. The Morgan fingerprint density at radius 3 is 2.75 bits per heavy atom. The number of anilines is 1. The smallest absolute Gasteiger partial charge is 0.307 e. The van der Waals surface area contributed by atoms with Gasteiger partial charge in [0.05, 0.1) is 6.42 Å². The Balaban J connectivity index is 2.89. The molecule has 0 aliphatic heterocycles. The van der Waals surface area contributed by atoms with Crippen LogP contribution in [0.4, 0.5) is 5.69 Å². The van der Waals surface area contributed by atoms with Crippen LogP contribution in [0.15, 0.2) is 23.1 Å². The van der Waals surface area contributed by atoms with Gasteiger partial charge in [0.15, 0.2) is 0 Å². The number of hydrogen-bond acceptors (Lipinski definition) is 3. The summed E-state index contributed by atoms with van der Waals surface area (Å²) in [4.78, 5) is 10.9. The molecule has 0 atom stereocenters. The highest BCUT2D eigenvalue weighted by atomic mass is 32.1. The molecule has 3 N–H and O–H groups in total. The van der Waals surface area contributed by atoms with Crippen LogP contribution in [-0.4, -0.2) is 11.1 Å². The Morgan fingerprint density at radius 1 is 1.58 bits per heavy atom. The molecular weight excluding hydrogens is 174 g/mol. The molecule has 4 heteroatoms. The number of nitrogens with two attached hydrogens (primary N) is 1. The molecule has 0 amide bonds. The van der Waals surface area contributed by atoms with E-state index in [9.17, 15) is 4.79 Å². The van der Waals surface area contributed by atoms with E-state index >= 15 is 0 Å². The highest BCUT2D eigenvalue weighted by molar-refractivity contribution is 7.80. The zero-order valence-corrected chi connectivity index (χ0v) is 7.21. The van der Waals surface area contributed by atoms with E-state index < -0.39 is 5.97 Å². The van der Waals surface area contributed by atoms with Crippen LogP contribution in [0.1, 0.15) is 5.56 Å². The van der Waals surface area contributed by atoms with Crippen LogP contribution in [0, 0.1) is 0 Å². The van der Waals surface area contributed by atoms with E-state index in [1.807, 2.05) is 0 Å². The maximum absolute atomic E-state index is 10.3. The molecule has 0 unspecified atom stereocenters. The highest BCUT2D eigenvalue weighted by Gasteiger charge is 2.01. The monoisotopic (exact) mass is 183 g/mol. The van der Waals surface area contributed by atoms with Gasteiger partial charge in [-0.1, -0.05) is 6.07 Å². The van der Waals surface area contributed by atoms with Crippen molar-refractivity contribution in [1.82, 2.24) is 0 Å². The lowest BCUT2D eigenvalue weighted by atomic mass is 10.1. The van der Waals surface area contributed by atoms with Crippen molar-refractivity contribution in [2.75, 3.05) is 5.73 Å². The number of nitrogen functional groups attached to an aromatic ring is 1. The number of hydrogen-bond donors (Lipinski definition) is 3. The minimum Gasteiger partial charge on any atom is -0.481 e. The number of thiol groups is 1. The van der Waals surface area contributed by atoms with Gasteiger partial charge in [0.25, 0.3) is 0 Å². The Hall–Kier alpha value is -1.16. The molecule has 1 aromatic carbocycles. The number of carbonyl (C=O) groups is 1. The third-order valence-electron chi connectivity index (χ3n) is 1.45. The maximum Gasteiger partial charge on any atom is 0.307 e. The van der Waals surface area contributed by atoms with Gasteiger partial charge in [0.1, 0.15) is 0 Å². The average Bonchev–Trinajstić information content (AvgIpc) is 1.96. The van der Waals surface area contributed by atoms with Crippen LogP contribution in [0.5, 0.6) is 0 Å². The number of benzene rings is 1. The first-order valence-corrected chi connectivity index (χ1v) is 3.83. The van der Waals surface area contributed by atoms with Crippen molar-refractivity contribution < 1.29 is 9.90 Å². The molecular formula is C8H9NO2S. The fourth-order valence-corrected chi connectivity index (χ4v) is 1.11. The van der Waals surface area contributed by atoms with Crippen molar-refractivity contribution in [3.8, 4) is 0 Å². The van der Waals surface area contributed by atoms with Crippen molar-refractivity contribution >= 4 is 24.3 Å². The minimum atomic E-state index is -0.854. The van der Waals surface area contributed by atoms with E-state index in [0.29, 0.717) is 16.1 Å². The molecule has 1 rings (SSSR count). The van der Waals surface area contributed by atoms with Gasteiger partial charge in [0, 0.05) is 10.6 Å². The second kappa shape index (κ2) is 3.49. The summed E-state index contributed by atoms with van der Waals surface area (Å²) >= 11 is 4.07. The topological polar surface area (TPSA) is 63.3 Å². The summed E-state index contributed by atoms with van der Waals surface area (Å²) in [5.41, 5.74) is 6.77. The van der Waals surface area contributed by atoms with Gasteiger partial charge < -0.3 is 10.8 Å². The molecule has 0 aromatic heterocycles. The quantitative estimate of drug-likeness (QED) is 0.476. The van der Waals surface area contributed by atoms with E-state index in [4.69, 9.17) is 10.8 Å². The van der Waals surface area contributed by atoms with Gasteiger partial charge in [-0.15, -0.1) is 12.6 Å². The summed E-state index contributed by atoms with van der Waals surface area (Å²) in [5, 5.41) is 8.47. The summed E-state index contributed by atoms with van der Waals surface area (Å²) in [7, 11) is 0. The van der Waals surface area contributed by atoms with E-state index in [-0.39, 0.29) is 6.42 Å². The molecule has 0 radical (unpaired) electrons. The third-order valence-corrected chi connectivity index (χ3v) is 1.84. The lowest BCUT2D eigenvalue weighted by Gasteiger charge is -2.01. The second-order valence-corrected chi connectivity index (χ2v) is 2.95. The molecule has 0 fully saturated rings. The zero-order chi connectivity index (χ0) is 9.14. The second-order valence-electron chi connectivity index (χ2n) is 2.46. The maximum atomic E-state index is 10.3. The SMILES string of the molecule is Nc1ccc(CC(=O)O)cc1S. The first kappa shape index (κ1) is 8.93. The predicted octanol–water partition coefficient (Wildman–Crippen LogP) is 1.18. The van der Waals surface area contributed by atoms with Gasteiger partial charge in [-0.05, 0) is 17.7 Å². The number of rotatable bonds is 2. The molecule has 0 aliphatic rings. The zero-order valence-electron chi connectivity index (χ0n) is 6.32. The van der Waals surface area contributed by atoms with Gasteiger partial charge in [0.2, 0.25) is 0 Å². The molecule has 0 heterocycles. The fourth-order valence-electron chi connectivity index (χ4n) is 0.874. The predicted molar refractivity (Wildman–Crippen MR) is 49.4 cm³/mol. The average molecular weight is 183 g/mol. The summed E-state index contributed by atoms with van der Waals surface area (Å²) in [5.74, 6) is -0.854. The highest BCUT2D eigenvalue weighted by Crippen LogP contribution is 2.17. The summed E-state index contributed by atoms with van der Waals surface area (Å²) in [6.45, 7) is 0. The van der Waals surface area contributed by atoms with Crippen molar-refractivity contribution in [3.63, 3.8) is 0 Å². The summed E-state index contributed by atoms with van der Waals surface area (Å²) < 4.78 is 0. The van der Waals surface area contributed by atoms with E-state index in [1.54, 1.807) is 18.2 Å². The van der Waals surface area contributed by atoms with E-state index in [0.717, 1.165) is 0 Å².